The first-order valence-electron chi connectivity index (χ1n) is 8.47. The van der Waals surface area contributed by atoms with Crippen molar-refractivity contribution in [1.82, 2.24) is 20.8 Å². The van der Waals surface area contributed by atoms with Crippen molar-refractivity contribution in [1.29, 1.82) is 0 Å². The first kappa shape index (κ1) is 16.6. The number of carbonyl (C=O) groups excluding carboxylic acids is 1. The highest BCUT2D eigenvalue weighted by Gasteiger charge is 2.31. The average Bonchev–Trinajstić information content (AvgIpc) is 3.11. The summed E-state index contributed by atoms with van der Waals surface area (Å²) >= 11 is 0. The number of aromatic amines is 1. The molecule has 6 heteroatoms. The second-order valence-electron chi connectivity index (χ2n) is 7.68. The smallest absolute Gasteiger partial charge is 0.315 e. The normalized spacial score (nSPS) is 18.8. The van der Waals surface area contributed by atoms with Crippen molar-refractivity contribution in [2.75, 3.05) is 0 Å². The number of furan rings is 1. The Bertz CT molecular complexity index is 711. The SMILES string of the molecule is Cc1ccc([C@@H](NC(=O)N[C@H]2CCc3[nH]ncc3C2)C(C)(C)C)o1. The largest absolute Gasteiger partial charge is 0.464 e. The molecule has 0 spiro atoms. The van der Waals surface area contributed by atoms with Gasteiger partial charge in [-0.05, 0) is 49.3 Å². The molecule has 1 aliphatic carbocycles. The van der Waals surface area contributed by atoms with Gasteiger partial charge in [-0.2, -0.15) is 5.10 Å². The van der Waals surface area contributed by atoms with E-state index in [2.05, 4.69) is 41.6 Å². The third-order valence-electron chi connectivity index (χ3n) is 4.54. The summed E-state index contributed by atoms with van der Waals surface area (Å²) in [5.41, 5.74) is 2.24. The molecule has 3 rings (SSSR count). The molecule has 130 valence electrons. The van der Waals surface area contributed by atoms with Gasteiger partial charge in [-0.25, -0.2) is 4.79 Å². The van der Waals surface area contributed by atoms with E-state index >= 15 is 0 Å². The summed E-state index contributed by atoms with van der Waals surface area (Å²) in [6, 6.07) is 3.66. The average molecular weight is 330 g/mol. The molecule has 0 aliphatic heterocycles. The van der Waals surface area contributed by atoms with Gasteiger partial charge in [-0.15, -0.1) is 0 Å². The number of aromatic nitrogens is 2. The lowest BCUT2D eigenvalue weighted by Crippen LogP contribution is -2.47. The van der Waals surface area contributed by atoms with Gasteiger partial charge in [0, 0.05) is 11.7 Å². The van der Waals surface area contributed by atoms with Gasteiger partial charge in [0.25, 0.3) is 0 Å². The van der Waals surface area contributed by atoms with Crippen LogP contribution in [0.25, 0.3) is 0 Å². The van der Waals surface area contributed by atoms with Crippen molar-refractivity contribution < 1.29 is 9.21 Å². The quantitative estimate of drug-likeness (QED) is 0.808. The number of H-pyrrole nitrogens is 1. The summed E-state index contributed by atoms with van der Waals surface area (Å²) in [5.74, 6) is 1.64. The number of fused-ring (bicyclic) bond motifs is 1. The van der Waals surface area contributed by atoms with Crippen LogP contribution in [0.1, 0.15) is 56.0 Å². The Hall–Kier alpha value is -2.24. The highest BCUT2D eigenvalue weighted by molar-refractivity contribution is 5.75. The maximum Gasteiger partial charge on any atom is 0.315 e. The molecule has 0 fully saturated rings. The fourth-order valence-corrected chi connectivity index (χ4v) is 3.22. The number of hydrogen-bond donors (Lipinski definition) is 3. The van der Waals surface area contributed by atoms with Crippen LogP contribution >= 0.6 is 0 Å². The Morgan fingerprint density at radius 3 is 2.88 bits per heavy atom. The van der Waals surface area contributed by atoms with Gasteiger partial charge in [0.1, 0.15) is 11.5 Å². The minimum atomic E-state index is -0.181. The van der Waals surface area contributed by atoms with Crippen LogP contribution in [0.4, 0.5) is 4.79 Å². The first-order valence-corrected chi connectivity index (χ1v) is 8.47. The molecule has 3 N–H and O–H groups in total. The summed E-state index contributed by atoms with van der Waals surface area (Å²) in [5, 5.41) is 13.3. The zero-order valence-corrected chi connectivity index (χ0v) is 14.8. The highest BCUT2D eigenvalue weighted by Crippen LogP contribution is 2.33. The van der Waals surface area contributed by atoms with E-state index in [1.165, 1.54) is 11.3 Å². The van der Waals surface area contributed by atoms with Crippen LogP contribution in [0.2, 0.25) is 0 Å². The van der Waals surface area contributed by atoms with Gasteiger partial charge in [0.05, 0.1) is 12.2 Å². The predicted molar refractivity (Wildman–Crippen MR) is 91.7 cm³/mol. The number of urea groups is 1. The number of carbonyl (C=O) groups is 1. The summed E-state index contributed by atoms with van der Waals surface area (Å²) in [7, 11) is 0. The van der Waals surface area contributed by atoms with E-state index in [0.717, 1.165) is 30.8 Å². The molecule has 24 heavy (non-hydrogen) atoms. The summed E-state index contributed by atoms with van der Waals surface area (Å²) < 4.78 is 5.74. The molecule has 0 saturated carbocycles. The van der Waals surface area contributed by atoms with E-state index in [1.54, 1.807) is 0 Å². The molecule has 0 unspecified atom stereocenters. The standard InChI is InChI=1S/C18H26N4O2/c1-11-5-8-15(24-11)16(18(2,3)4)21-17(23)20-13-6-7-14-12(9-13)10-19-22-14/h5,8,10,13,16H,6-7,9H2,1-4H3,(H,19,22)(H2,20,21,23)/t13-,16+/m0/s1. The minimum Gasteiger partial charge on any atom is -0.464 e. The fraction of sp³-hybridized carbons (Fsp3) is 0.556. The summed E-state index contributed by atoms with van der Waals surface area (Å²) in [4.78, 5) is 12.5. The minimum absolute atomic E-state index is 0.133. The molecule has 0 saturated heterocycles. The number of nitrogens with zero attached hydrogens (tertiary/aromatic N) is 1. The van der Waals surface area contributed by atoms with E-state index in [1.807, 2.05) is 25.3 Å². The molecule has 2 atom stereocenters. The zero-order chi connectivity index (χ0) is 17.3. The number of aryl methyl sites for hydroxylation is 2. The van der Waals surface area contributed by atoms with Gasteiger partial charge >= 0.3 is 6.03 Å². The molecule has 2 heterocycles. The molecule has 0 radical (unpaired) electrons. The third kappa shape index (κ3) is 3.63. The van der Waals surface area contributed by atoms with Crippen LogP contribution in [0.3, 0.4) is 0 Å². The van der Waals surface area contributed by atoms with Gasteiger partial charge in [-0.3, -0.25) is 5.10 Å². The van der Waals surface area contributed by atoms with Crippen LogP contribution in [0.15, 0.2) is 22.7 Å². The Morgan fingerprint density at radius 2 is 2.21 bits per heavy atom. The van der Waals surface area contributed by atoms with E-state index in [4.69, 9.17) is 4.42 Å². The van der Waals surface area contributed by atoms with Crippen molar-refractivity contribution >= 4 is 6.03 Å². The van der Waals surface area contributed by atoms with E-state index in [-0.39, 0.29) is 23.5 Å². The summed E-state index contributed by atoms with van der Waals surface area (Å²) in [6.45, 7) is 8.18. The topological polar surface area (TPSA) is 83.0 Å². The van der Waals surface area contributed by atoms with Crippen molar-refractivity contribution in [2.45, 2.75) is 59.0 Å². The Kier molecular flexibility index (Phi) is 4.39. The first-order chi connectivity index (χ1) is 11.3. The van der Waals surface area contributed by atoms with Crippen molar-refractivity contribution in [2.24, 2.45) is 5.41 Å². The molecule has 0 aromatic carbocycles. The molecular formula is C18H26N4O2. The van der Waals surface area contributed by atoms with Crippen molar-refractivity contribution in [3.63, 3.8) is 0 Å². The molecule has 1 aliphatic rings. The van der Waals surface area contributed by atoms with Crippen LogP contribution < -0.4 is 10.6 Å². The van der Waals surface area contributed by atoms with E-state index in [9.17, 15) is 4.79 Å². The lowest BCUT2D eigenvalue weighted by molar-refractivity contribution is 0.203. The monoisotopic (exact) mass is 330 g/mol. The van der Waals surface area contributed by atoms with E-state index < -0.39 is 0 Å². The Balaban J connectivity index is 1.64. The maximum absolute atomic E-state index is 12.5. The van der Waals surface area contributed by atoms with Gasteiger partial charge < -0.3 is 15.1 Å². The molecule has 2 aromatic heterocycles. The van der Waals surface area contributed by atoms with Crippen LogP contribution in [-0.2, 0) is 12.8 Å². The summed E-state index contributed by atoms with van der Waals surface area (Å²) in [6.07, 6.45) is 4.51. The molecule has 0 bridgehead atoms. The van der Waals surface area contributed by atoms with Crippen LogP contribution in [0.5, 0.6) is 0 Å². The van der Waals surface area contributed by atoms with Crippen LogP contribution in [0, 0.1) is 12.3 Å². The van der Waals surface area contributed by atoms with Gasteiger partial charge in [0.2, 0.25) is 0 Å². The molecule has 2 aromatic rings. The van der Waals surface area contributed by atoms with Gasteiger partial charge in [-0.1, -0.05) is 20.8 Å². The Labute approximate surface area is 142 Å². The van der Waals surface area contributed by atoms with E-state index in [0.29, 0.717) is 0 Å². The lowest BCUT2D eigenvalue weighted by atomic mass is 9.85. The zero-order valence-electron chi connectivity index (χ0n) is 14.8. The van der Waals surface area contributed by atoms with Crippen molar-refractivity contribution in [3.05, 3.63) is 41.1 Å². The van der Waals surface area contributed by atoms with Crippen LogP contribution in [-0.4, -0.2) is 22.3 Å². The predicted octanol–water partition coefficient (Wildman–Crippen LogP) is 3.26. The lowest BCUT2D eigenvalue weighted by Gasteiger charge is -2.31. The molecule has 6 nitrogen and oxygen atoms in total. The van der Waals surface area contributed by atoms with Crippen molar-refractivity contribution in [3.8, 4) is 0 Å². The van der Waals surface area contributed by atoms with Gasteiger partial charge in [0.15, 0.2) is 0 Å². The number of hydrogen-bond acceptors (Lipinski definition) is 3. The second-order valence-corrected chi connectivity index (χ2v) is 7.68. The number of amides is 2. The molecule has 2 amide bonds. The Morgan fingerprint density at radius 1 is 1.42 bits per heavy atom. The fourth-order valence-electron chi connectivity index (χ4n) is 3.22. The molecular weight excluding hydrogens is 304 g/mol. The number of nitrogens with one attached hydrogen (secondary N) is 3. The second kappa shape index (κ2) is 6.34. The number of rotatable bonds is 3. The highest BCUT2D eigenvalue weighted by atomic mass is 16.3. The third-order valence-corrected chi connectivity index (χ3v) is 4.54. The maximum atomic E-state index is 12.5.